The summed E-state index contributed by atoms with van der Waals surface area (Å²) in [4.78, 5) is 10.8. The van der Waals surface area contributed by atoms with E-state index in [2.05, 4.69) is 158 Å². The number of benzene rings is 9. The average Bonchev–Trinajstić information content (AvgIpc) is 3.30. The molecule has 0 aliphatic heterocycles. The zero-order chi connectivity index (χ0) is 39.0. The molecule has 9 aromatic carbocycles. The highest BCUT2D eigenvalue weighted by Gasteiger charge is 2.20. The second-order valence-electron chi connectivity index (χ2n) is 14.4. The van der Waals surface area contributed by atoms with E-state index in [-0.39, 0.29) is 0 Å². The number of aromatic nitrogens is 2. The van der Waals surface area contributed by atoms with Gasteiger partial charge >= 0.3 is 0 Å². The van der Waals surface area contributed by atoms with Crippen LogP contribution >= 0.6 is 0 Å². The lowest BCUT2D eigenvalue weighted by atomic mass is 9.89. The lowest BCUT2D eigenvalue weighted by Gasteiger charge is -2.17. The Morgan fingerprint density at radius 3 is 1.43 bits per heavy atom. The molecule has 0 fully saturated rings. The van der Waals surface area contributed by atoms with Gasteiger partial charge < -0.3 is 0 Å². The van der Waals surface area contributed by atoms with Crippen LogP contribution in [0, 0.1) is 22.7 Å². The van der Waals surface area contributed by atoms with E-state index in [1.54, 1.807) is 0 Å². The Hall–Kier alpha value is -8.18. The first-order valence-electron chi connectivity index (χ1n) is 19.2. The Morgan fingerprint density at radius 2 is 0.828 bits per heavy atom. The summed E-state index contributed by atoms with van der Waals surface area (Å²) in [6, 6.07) is 71.1. The van der Waals surface area contributed by atoms with Gasteiger partial charge in [0.25, 0.3) is 0 Å². The molecule has 0 spiro atoms. The van der Waals surface area contributed by atoms with Crippen molar-refractivity contribution >= 4 is 32.4 Å². The number of nitriles is 2. The molecule has 0 unspecified atom stereocenters. The zero-order valence-electron chi connectivity index (χ0n) is 31.3. The van der Waals surface area contributed by atoms with Gasteiger partial charge in [-0.3, -0.25) is 0 Å². The van der Waals surface area contributed by atoms with Gasteiger partial charge in [-0.25, -0.2) is 9.97 Å². The Morgan fingerprint density at radius 1 is 0.328 bits per heavy atom. The van der Waals surface area contributed by atoms with Crippen LogP contribution in [0.15, 0.2) is 194 Å². The van der Waals surface area contributed by atoms with Crippen molar-refractivity contribution in [3.8, 4) is 79.3 Å². The van der Waals surface area contributed by atoms with Crippen molar-refractivity contribution in [2.45, 2.75) is 0 Å². The van der Waals surface area contributed by atoms with Gasteiger partial charge in [-0.15, -0.1) is 0 Å². The maximum atomic E-state index is 9.57. The van der Waals surface area contributed by atoms with Crippen molar-refractivity contribution in [3.05, 3.63) is 205 Å². The van der Waals surface area contributed by atoms with Gasteiger partial charge in [0, 0.05) is 22.1 Å². The van der Waals surface area contributed by atoms with Crippen LogP contribution in [0.25, 0.3) is 99.6 Å². The molecule has 1 heterocycles. The van der Waals surface area contributed by atoms with Crippen LogP contribution in [0.1, 0.15) is 11.1 Å². The predicted molar refractivity (Wildman–Crippen MR) is 237 cm³/mol. The summed E-state index contributed by atoms with van der Waals surface area (Å²) in [5.41, 5.74) is 13.1. The minimum Gasteiger partial charge on any atom is -0.227 e. The number of fused-ring (bicyclic) bond motifs is 3. The molecule has 58 heavy (non-hydrogen) atoms. The quantitative estimate of drug-likeness (QED) is 0.170. The monoisotopic (exact) mass is 736 g/mol. The Kier molecular flexibility index (Phi) is 8.57. The maximum Gasteiger partial charge on any atom is 0.160 e. The summed E-state index contributed by atoms with van der Waals surface area (Å²) in [7, 11) is 0. The van der Waals surface area contributed by atoms with Crippen molar-refractivity contribution < 1.29 is 0 Å². The molecule has 268 valence electrons. The summed E-state index contributed by atoms with van der Waals surface area (Å²) in [5.74, 6) is 0.616. The molecule has 0 saturated heterocycles. The van der Waals surface area contributed by atoms with Crippen molar-refractivity contribution in [3.63, 3.8) is 0 Å². The lowest BCUT2D eigenvalue weighted by Crippen LogP contribution is -1.98. The van der Waals surface area contributed by atoms with E-state index in [9.17, 15) is 10.5 Å². The molecule has 0 aliphatic rings. The summed E-state index contributed by atoms with van der Waals surface area (Å²) in [6.07, 6.45) is 0. The van der Waals surface area contributed by atoms with Gasteiger partial charge in [-0.1, -0.05) is 158 Å². The van der Waals surface area contributed by atoms with Crippen molar-refractivity contribution in [2.24, 2.45) is 0 Å². The van der Waals surface area contributed by atoms with Crippen LogP contribution in [-0.2, 0) is 0 Å². The summed E-state index contributed by atoms with van der Waals surface area (Å²) in [6.45, 7) is 0. The largest absolute Gasteiger partial charge is 0.227 e. The van der Waals surface area contributed by atoms with Crippen LogP contribution in [0.3, 0.4) is 0 Å². The fraction of sp³-hybridized carbons (Fsp3) is 0. The first kappa shape index (κ1) is 34.3. The van der Waals surface area contributed by atoms with Gasteiger partial charge in [-0.05, 0) is 96.9 Å². The highest BCUT2D eigenvalue weighted by Crippen LogP contribution is 2.42. The molecule has 0 atom stereocenters. The van der Waals surface area contributed by atoms with E-state index in [0.29, 0.717) is 17.0 Å². The zero-order valence-corrected chi connectivity index (χ0v) is 31.3. The van der Waals surface area contributed by atoms with E-state index in [1.807, 2.05) is 48.5 Å². The molecule has 10 aromatic rings. The molecule has 4 heteroatoms. The number of hydrogen-bond donors (Lipinski definition) is 0. The predicted octanol–water partition coefficient (Wildman–Crippen LogP) is 13.7. The average molecular weight is 737 g/mol. The van der Waals surface area contributed by atoms with Crippen LogP contribution in [-0.4, -0.2) is 9.97 Å². The fourth-order valence-corrected chi connectivity index (χ4v) is 8.05. The Balaban J connectivity index is 1.24. The normalized spacial score (nSPS) is 11.1. The molecule has 0 N–H and O–H groups in total. The summed E-state index contributed by atoms with van der Waals surface area (Å²) in [5, 5.41) is 24.7. The minimum atomic E-state index is 0.616. The molecule has 10 rings (SSSR count). The molecule has 0 aliphatic carbocycles. The molecular formula is C54H32N4. The smallest absolute Gasteiger partial charge is 0.160 e. The van der Waals surface area contributed by atoms with E-state index >= 15 is 0 Å². The Bertz CT molecular complexity index is 3280. The molecular weight excluding hydrogens is 705 g/mol. The molecule has 0 bridgehead atoms. The fourth-order valence-electron chi connectivity index (χ4n) is 8.05. The number of hydrogen-bond acceptors (Lipinski definition) is 4. The van der Waals surface area contributed by atoms with Gasteiger partial charge in [0.05, 0.1) is 34.5 Å². The van der Waals surface area contributed by atoms with Crippen LogP contribution < -0.4 is 0 Å². The van der Waals surface area contributed by atoms with Crippen LogP contribution in [0.4, 0.5) is 0 Å². The summed E-state index contributed by atoms with van der Waals surface area (Å²) < 4.78 is 0. The second-order valence-corrected chi connectivity index (χ2v) is 14.4. The Labute approximate surface area is 336 Å². The van der Waals surface area contributed by atoms with Crippen molar-refractivity contribution in [1.29, 1.82) is 10.5 Å². The van der Waals surface area contributed by atoms with E-state index in [0.717, 1.165) is 83.0 Å². The first-order chi connectivity index (χ1) is 28.6. The molecule has 0 saturated carbocycles. The molecule has 0 amide bonds. The molecule has 1 aromatic heterocycles. The third-order valence-electron chi connectivity index (χ3n) is 10.9. The highest BCUT2D eigenvalue weighted by molar-refractivity contribution is 6.10. The maximum absolute atomic E-state index is 9.57. The van der Waals surface area contributed by atoms with E-state index < -0.39 is 0 Å². The lowest BCUT2D eigenvalue weighted by molar-refractivity contribution is 1.23. The van der Waals surface area contributed by atoms with Gasteiger partial charge in [-0.2, -0.15) is 10.5 Å². The van der Waals surface area contributed by atoms with Crippen LogP contribution in [0.5, 0.6) is 0 Å². The third-order valence-corrected chi connectivity index (χ3v) is 10.9. The molecule has 4 nitrogen and oxygen atoms in total. The standard InChI is InChI=1S/C54H32N4/c55-33-35-9-5-15-43(29-35)37-21-25-41(26-22-37)52-51-32-45(48-19-7-13-39-11-1-3-17-46(39)48)31-50(49-20-8-14-40-12-2-4-18-47(40)49)53(51)58-54(57-52)42-27-23-38(24-28-42)44-16-6-10-36(30-44)34-56/h1-32H. The van der Waals surface area contributed by atoms with Gasteiger partial charge in [0.1, 0.15) is 0 Å². The van der Waals surface area contributed by atoms with E-state index in [1.165, 1.54) is 10.8 Å². The van der Waals surface area contributed by atoms with Crippen molar-refractivity contribution in [2.75, 3.05) is 0 Å². The third kappa shape index (κ3) is 6.22. The first-order valence-corrected chi connectivity index (χ1v) is 19.2. The number of nitrogens with zero attached hydrogens (tertiary/aromatic N) is 4. The SMILES string of the molecule is N#Cc1cccc(-c2ccc(-c3nc(-c4ccc(-c5cccc(C#N)c5)cc4)c4cc(-c5cccc6ccccc56)cc(-c5cccc6ccccc56)c4n3)cc2)c1. The second kappa shape index (κ2) is 14.5. The molecule has 0 radical (unpaired) electrons. The van der Waals surface area contributed by atoms with Crippen molar-refractivity contribution in [1.82, 2.24) is 9.97 Å². The number of rotatable bonds is 6. The van der Waals surface area contributed by atoms with Gasteiger partial charge in [0.15, 0.2) is 5.82 Å². The van der Waals surface area contributed by atoms with Crippen LogP contribution in [0.2, 0.25) is 0 Å². The highest BCUT2D eigenvalue weighted by atomic mass is 14.9. The topological polar surface area (TPSA) is 73.4 Å². The summed E-state index contributed by atoms with van der Waals surface area (Å²) >= 11 is 0. The van der Waals surface area contributed by atoms with Gasteiger partial charge in [0.2, 0.25) is 0 Å². The minimum absolute atomic E-state index is 0.616. The van der Waals surface area contributed by atoms with E-state index in [4.69, 9.17) is 9.97 Å².